The molecule has 2 N–H and O–H groups in total. The fourth-order valence-electron chi connectivity index (χ4n) is 2.81. The predicted molar refractivity (Wildman–Crippen MR) is 115 cm³/mol. The molecule has 140 valence electrons. The van der Waals surface area contributed by atoms with Crippen molar-refractivity contribution >= 4 is 41.2 Å². The molecule has 9 heteroatoms. The first-order valence-electron chi connectivity index (χ1n) is 8.49. The second-order valence-corrected chi connectivity index (χ2v) is 5.85. The van der Waals surface area contributed by atoms with Crippen LogP contribution in [0.4, 0.5) is 0 Å². The highest BCUT2D eigenvalue weighted by Crippen LogP contribution is 2.05. The fourth-order valence-corrected chi connectivity index (χ4v) is 2.81. The summed E-state index contributed by atoms with van der Waals surface area (Å²) in [5, 5.41) is 14.9. The third-order valence-corrected chi connectivity index (χ3v) is 4.11. The molecule has 0 aliphatic carbocycles. The van der Waals surface area contributed by atoms with Gasteiger partial charge in [-0.1, -0.05) is 12.1 Å². The van der Waals surface area contributed by atoms with E-state index >= 15 is 0 Å². The van der Waals surface area contributed by atoms with Crippen molar-refractivity contribution < 1.29 is 0 Å². The van der Waals surface area contributed by atoms with Gasteiger partial charge in [0.05, 0.1) is 12.2 Å². The van der Waals surface area contributed by atoms with Crippen LogP contribution in [0.1, 0.15) is 11.5 Å². The predicted octanol–water partition coefficient (Wildman–Crippen LogP) is 1.90. The van der Waals surface area contributed by atoms with Gasteiger partial charge in [-0.2, -0.15) is 0 Å². The topological polar surface area (TPSA) is 83.9 Å². The summed E-state index contributed by atoms with van der Waals surface area (Å²) < 4.78 is 3.98. The number of rotatable bonds is 5. The van der Waals surface area contributed by atoms with Gasteiger partial charge in [0.15, 0.2) is 17.4 Å². The molecule has 0 aromatic carbocycles. The van der Waals surface area contributed by atoms with Gasteiger partial charge in [0.25, 0.3) is 0 Å². The molecule has 4 aromatic rings. The summed E-state index contributed by atoms with van der Waals surface area (Å²) in [4.78, 5) is 8.85. The van der Waals surface area contributed by atoms with Crippen LogP contribution in [0.2, 0.25) is 0 Å². The lowest BCUT2D eigenvalue weighted by Gasteiger charge is -2.10. The molecule has 0 spiro atoms. The number of hydrogen-bond donors (Lipinski definition) is 2. The van der Waals surface area contributed by atoms with Crippen LogP contribution in [0.3, 0.4) is 0 Å². The highest BCUT2D eigenvalue weighted by molar-refractivity contribution is 14.0. The van der Waals surface area contributed by atoms with Crippen molar-refractivity contribution in [2.45, 2.75) is 13.0 Å². The van der Waals surface area contributed by atoms with Crippen LogP contribution >= 0.6 is 24.0 Å². The third-order valence-electron chi connectivity index (χ3n) is 4.11. The molecular weight excluding hydrogens is 455 g/mol. The third kappa shape index (κ3) is 4.35. The summed E-state index contributed by atoms with van der Waals surface area (Å²) in [6.07, 6.45) is 6.82. The van der Waals surface area contributed by atoms with E-state index in [0.717, 1.165) is 41.7 Å². The van der Waals surface area contributed by atoms with E-state index in [1.165, 1.54) is 0 Å². The minimum Gasteiger partial charge on any atom is -0.356 e. The molecule has 0 radical (unpaired) electrons. The summed E-state index contributed by atoms with van der Waals surface area (Å²) in [7, 11) is 1.75. The largest absolute Gasteiger partial charge is 0.356 e. The van der Waals surface area contributed by atoms with E-state index in [1.807, 2.05) is 57.6 Å². The van der Waals surface area contributed by atoms with E-state index in [2.05, 4.69) is 37.0 Å². The van der Waals surface area contributed by atoms with Crippen molar-refractivity contribution in [3.8, 4) is 0 Å². The Hall–Kier alpha value is -2.69. The lowest BCUT2D eigenvalue weighted by molar-refractivity contribution is 0.754. The monoisotopic (exact) mass is 476 g/mol. The van der Waals surface area contributed by atoms with Crippen LogP contribution in [0, 0.1) is 0 Å². The molecule has 0 saturated carbocycles. The number of halogens is 1. The number of aromatic nitrogens is 5. The zero-order valence-corrected chi connectivity index (χ0v) is 17.2. The van der Waals surface area contributed by atoms with E-state index in [9.17, 15) is 0 Å². The average Bonchev–Trinajstić information content (AvgIpc) is 3.28. The van der Waals surface area contributed by atoms with E-state index in [0.29, 0.717) is 6.54 Å². The first-order valence-corrected chi connectivity index (χ1v) is 8.49. The van der Waals surface area contributed by atoms with Crippen LogP contribution in [-0.2, 0) is 13.0 Å². The normalized spacial score (nSPS) is 11.5. The van der Waals surface area contributed by atoms with Crippen LogP contribution in [-0.4, -0.2) is 43.5 Å². The highest BCUT2D eigenvalue weighted by Gasteiger charge is 2.06. The van der Waals surface area contributed by atoms with Crippen LogP contribution < -0.4 is 10.6 Å². The number of guanidine groups is 1. The second-order valence-electron chi connectivity index (χ2n) is 5.85. The molecule has 0 bridgehead atoms. The Morgan fingerprint density at radius 1 is 1.04 bits per heavy atom. The Morgan fingerprint density at radius 3 is 2.67 bits per heavy atom. The summed E-state index contributed by atoms with van der Waals surface area (Å²) in [6.45, 7) is 1.28. The highest BCUT2D eigenvalue weighted by atomic mass is 127. The Balaban J connectivity index is 0.00000210. The standard InChI is InChI=1S/C18H20N8.HI/c1-19-18(21-12-17-24-23-16-7-3-5-11-26(16)17)20-9-8-14-13-25-10-4-2-6-15(25)22-14;/h2-7,10-11,13H,8-9,12H2,1H3,(H2,19,20,21);1H. The van der Waals surface area contributed by atoms with Crippen LogP contribution in [0.15, 0.2) is 60.0 Å². The van der Waals surface area contributed by atoms with Gasteiger partial charge in [-0.3, -0.25) is 9.39 Å². The van der Waals surface area contributed by atoms with E-state index in [-0.39, 0.29) is 24.0 Å². The van der Waals surface area contributed by atoms with Gasteiger partial charge >= 0.3 is 0 Å². The Labute approximate surface area is 173 Å². The van der Waals surface area contributed by atoms with Gasteiger partial charge in [0.1, 0.15) is 5.65 Å². The smallest absolute Gasteiger partial charge is 0.191 e. The molecule has 27 heavy (non-hydrogen) atoms. The average molecular weight is 476 g/mol. The zero-order chi connectivity index (χ0) is 17.8. The minimum atomic E-state index is 0. The summed E-state index contributed by atoms with van der Waals surface area (Å²) in [6, 6.07) is 11.8. The van der Waals surface area contributed by atoms with Crippen LogP contribution in [0.5, 0.6) is 0 Å². The van der Waals surface area contributed by atoms with Gasteiger partial charge in [-0.15, -0.1) is 34.2 Å². The maximum absolute atomic E-state index is 4.60. The number of nitrogens with one attached hydrogen (secondary N) is 2. The Kier molecular flexibility index (Phi) is 6.22. The van der Waals surface area contributed by atoms with Gasteiger partial charge in [0, 0.05) is 38.6 Å². The summed E-state index contributed by atoms with van der Waals surface area (Å²) >= 11 is 0. The number of imidazole rings is 1. The number of nitrogens with zero attached hydrogens (tertiary/aromatic N) is 6. The van der Waals surface area contributed by atoms with E-state index in [4.69, 9.17) is 0 Å². The SMILES string of the molecule is CN=C(NCCc1cn2ccccc2n1)NCc1nnc2ccccn12.I. The van der Waals surface area contributed by atoms with Crippen molar-refractivity contribution in [2.24, 2.45) is 4.99 Å². The summed E-state index contributed by atoms with van der Waals surface area (Å²) in [5.41, 5.74) is 2.84. The molecule has 0 amide bonds. The van der Waals surface area contributed by atoms with Gasteiger partial charge in [-0.05, 0) is 24.3 Å². The zero-order valence-electron chi connectivity index (χ0n) is 14.9. The molecule has 0 saturated heterocycles. The molecule has 4 heterocycles. The van der Waals surface area contributed by atoms with Crippen molar-refractivity contribution in [2.75, 3.05) is 13.6 Å². The number of fused-ring (bicyclic) bond motifs is 2. The first-order chi connectivity index (χ1) is 12.8. The number of hydrogen-bond acceptors (Lipinski definition) is 4. The molecule has 0 unspecified atom stereocenters. The maximum Gasteiger partial charge on any atom is 0.191 e. The number of pyridine rings is 2. The lowest BCUT2D eigenvalue weighted by Crippen LogP contribution is -2.38. The van der Waals surface area contributed by atoms with E-state index < -0.39 is 0 Å². The molecule has 0 atom stereocenters. The van der Waals surface area contributed by atoms with Gasteiger partial charge in [0.2, 0.25) is 0 Å². The molecule has 4 aromatic heterocycles. The first kappa shape index (κ1) is 19.1. The van der Waals surface area contributed by atoms with Crippen molar-refractivity contribution in [1.82, 2.24) is 34.6 Å². The maximum atomic E-state index is 4.60. The number of aliphatic imine (C=N–C) groups is 1. The minimum absolute atomic E-state index is 0. The van der Waals surface area contributed by atoms with Gasteiger partial charge in [-0.25, -0.2) is 4.98 Å². The van der Waals surface area contributed by atoms with Crippen molar-refractivity contribution in [3.05, 3.63) is 66.5 Å². The fraction of sp³-hybridized carbons (Fsp3) is 0.222. The molecule has 4 rings (SSSR count). The second kappa shape index (κ2) is 8.80. The van der Waals surface area contributed by atoms with Crippen molar-refractivity contribution in [3.63, 3.8) is 0 Å². The Bertz CT molecular complexity index is 1020. The molecule has 0 aliphatic heterocycles. The lowest BCUT2D eigenvalue weighted by atomic mass is 10.3. The quantitative estimate of drug-likeness (QED) is 0.261. The van der Waals surface area contributed by atoms with Crippen molar-refractivity contribution in [1.29, 1.82) is 0 Å². The summed E-state index contributed by atoms with van der Waals surface area (Å²) in [5.74, 6) is 1.56. The molecular formula is C18H21IN8. The van der Waals surface area contributed by atoms with Crippen LogP contribution in [0.25, 0.3) is 11.3 Å². The molecule has 0 aliphatic rings. The van der Waals surface area contributed by atoms with E-state index in [1.54, 1.807) is 7.05 Å². The molecule has 8 nitrogen and oxygen atoms in total. The molecule has 0 fully saturated rings. The Morgan fingerprint density at radius 2 is 1.85 bits per heavy atom. The van der Waals surface area contributed by atoms with Gasteiger partial charge < -0.3 is 15.0 Å².